The largest absolute Gasteiger partial charge is 0.311 e. The number of fused-ring (bicyclic) bond motifs is 1. The van der Waals surface area contributed by atoms with Crippen LogP contribution in [0.5, 0.6) is 0 Å². The van der Waals surface area contributed by atoms with E-state index in [2.05, 4.69) is 23.3 Å². The molecule has 0 aliphatic heterocycles. The maximum Gasteiger partial charge on any atom is 0.00801 e. The van der Waals surface area contributed by atoms with Gasteiger partial charge in [0.15, 0.2) is 0 Å². The van der Waals surface area contributed by atoms with E-state index >= 15 is 0 Å². The summed E-state index contributed by atoms with van der Waals surface area (Å²) >= 11 is 2.09. The molecule has 3 fully saturated rings. The lowest BCUT2D eigenvalue weighted by Gasteiger charge is -2.41. The molecular formula is C17H31NS. The molecule has 0 aromatic carbocycles. The van der Waals surface area contributed by atoms with E-state index in [4.69, 9.17) is 0 Å². The molecule has 5 atom stereocenters. The number of thioether (sulfide) groups is 1. The lowest BCUT2D eigenvalue weighted by atomic mass is 9.69. The molecule has 1 N–H and O–H groups in total. The van der Waals surface area contributed by atoms with Crippen LogP contribution in [0.3, 0.4) is 0 Å². The molecule has 0 aromatic rings. The molecule has 3 rings (SSSR count). The molecule has 0 saturated heterocycles. The van der Waals surface area contributed by atoms with Crippen LogP contribution in [0.2, 0.25) is 0 Å². The van der Waals surface area contributed by atoms with Crippen LogP contribution in [0.4, 0.5) is 0 Å². The van der Waals surface area contributed by atoms with E-state index in [1.54, 1.807) is 0 Å². The summed E-state index contributed by atoms with van der Waals surface area (Å²) in [6, 6.07) is 1.68. The third-order valence-electron chi connectivity index (χ3n) is 5.97. The predicted octanol–water partition coefficient (Wildman–Crippen LogP) is 4.61. The van der Waals surface area contributed by atoms with Crippen LogP contribution in [0.25, 0.3) is 0 Å². The minimum Gasteiger partial charge on any atom is -0.311 e. The maximum atomic E-state index is 4.04. The Morgan fingerprint density at radius 2 is 1.53 bits per heavy atom. The Morgan fingerprint density at radius 3 is 2.37 bits per heavy atom. The number of hydrogen-bond donors (Lipinski definition) is 1. The summed E-state index contributed by atoms with van der Waals surface area (Å²) in [6.07, 6.45) is 18.6. The smallest absolute Gasteiger partial charge is 0.00801 e. The van der Waals surface area contributed by atoms with Crippen molar-refractivity contribution in [1.29, 1.82) is 0 Å². The van der Waals surface area contributed by atoms with E-state index in [-0.39, 0.29) is 0 Å². The van der Waals surface area contributed by atoms with Gasteiger partial charge in [0, 0.05) is 17.3 Å². The second kappa shape index (κ2) is 6.85. The van der Waals surface area contributed by atoms with Crippen molar-refractivity contribution in [3.05, 3.63) is 0 Å². The van der Waals surface area contributed by atoms with Crippen LogP contribution >= 0.6 is 11.8 Å². The fourth-order valence-corrected chi connectivity index (χ4v) is 5.70. The standard InChI is InChI=1S/C17H31NS/c1-19-17-8-4-7-15(12-17)18-16-10-9-13-5-2-3-6-14(13)11-16/h13-18H,2-12H2,1H3. The van der Waals surface area contributed by atoms with Crippen molar-refractivity contribution in [2.45, 2.75) is 88.0 Å². The second-order valence-electron chi connectivity index (χ2n) is 7.20. The highest BCUT2D eigenvalue weighted by molar-refractivity contribution is 7.99. The van der Waals surface area contributed by atoms with Crippen molar-refractivity contribution in [1.82, 2.24) is 5.32 Å². The number of nitrogens with one attached hydrogen (secondary N) is 1. The molecule has 3 saturated carbocycles. The maximum absolute atomic E-state index is 4.04. The molecule has 0 heterocycles. The average molecular weight is 282 g/mol. The summed E-state index contributed by atoms with van der Waals surface area (Å²) in [6.45, 7) is 0. The second-order valence-corrected chi connectivity index (χ2v) is 8.34. The van der Waals surface area contributed by atoms with Crippen LogP contribution in [-0.4, -0.2) is 23.6 Å². The Bertz CT molecular complexity index is 280. The lowest BCUT2D eigenvalue weighted by Crippen LogP contribution is -2.45. The van der Waals surface area contributed by atoms with Gasteiger partial charge in [0.05, 0.1) is 0 Å². The first kappa shape index (κ1) is 14.3. The van der Waals surface area contributed by atoms with Gasteiger partial charge in [-0.25, -0.2) is 0 Å². The van der Waals surface area contributed by atoms with E-state index in [0.29, 0.717) is 0 Å². The highest BCUT2D eigenvalue weighted by atomic mass is 32.2. The molecular weight excluding hydrogens is 250 g/mol. The van der Waals surface area contributed by atoms with Crippen LogP contribution in [-0.2, 0) is 0 Å². The van der Waals surface area contributed by atoms with Gasteiger partial charge >= 0.3 is 0 Å². The fourth-order valence-electron chi connectivity index (χ4n) is 4.87. The Morgan fingerprint density at radius 1 is 0.737 bits per heavy atom. The first-order chi connectivity index (χ1) is 9.35. The quantitative estimate of drug-likeness (QED) is 0.811. The van der Waals surface area contributed by atoms with Crippen LogP contribution in [0.15, 0.2) is 0 Å². The molecule has 2 heteroatoms. The predicted molar refractivity (Wildman–Crippen MR) is 85.8 cm³/mol. The highest BCUT2D eigenvalue weighted by Crippen LogP contribution is 2.40. The SMILES string of the molecule is CSC1CCCC(NC2CCC3CCCCC3C2)C1. The van der Waals surface area contributed by atoms with Gasteiger partial charge < -0.3 is 5.32 Å². The van der Waals surface area contributed by atoms with Crippen molar-refractivity contribution in [3.8, 4) is 0 Å². The zero-order valence-corrected chi connectivity index (χ0v) is 13.4. The van der Waals surface area contributed by atoms with Crippen molar-refractivity contribution in [3.63, 3.8) is 0 Å². The molecule has 3 aliphatic rings. The minimum absolute atomic E-state index is 0.830. The Kier molecular flexibility index (Phi) is 5.14. The molecule has 0 bridgehead atoms. The Hall–Kier alpha value is 0.310. The molecule has 3 aliphatic carbocycles. The average Bonchev–Trinajstić information content (AvgIpc) is 2.47. The zero-order chi connectivity index (χ0) is 13.1. The Balaban J connectivity index is 1.47. The van der Waals surface area contributed by atoms with Gasteiger partial charge in [0.2, 0.25) is 0 Å². The monoisotopic (exact) mass is 281 g/mol. The van der Waals surface area contributed by atoms with Gasteiger partial charge in [-0.1, -0.05) is 32.1 Å². The highest BCUT2D eigenvalue weighted by Gasteiger charge is 2.33. The summed E-state index contributed by atoms with van der Waals surface area (Å²) in [5.41, 5.74) is 0. The van der Waals surface area contributed by atoms with Gasteiger partial charge in [0.25, 0.3) is 0 Å². The van der Waals surface area contributed by atoms with E-state index in [9.17, 15) is 0 Å². The minimum atomic E-state index is 0.830. The van der Waals surface area contributed by atoms with Gasteiger partial charge in [-0.15, -0.1) is 0 Å². The van der Waals surface area contributed by atoms with Crippen molar-refractivity contribution in [2.24, 2.45) is 11.8 Å². The topological polar surface area (TPSA) is 12.0 Å². The molecule has 0 spiro atoms. The molecule has 19 heavy (non-hydrogen) atoms. The van der Waals surface area contributed by atoms with E-state index in [1.165, 1.54) is 70.6 Å². The summed E-state index contributed by atoms with van der Waals surface area (Å²) < 4.78 is 0. The third kappa shape index (κ3) is 3.69. The van der Waals surface area contributed by atoms with Crippen LogP contribution in [0.1, 0.15) is 70.6 Å². The van der Waals surface area contributed by atoms with Crippen molar-refractivity contribution >= 4 is 11.8 Å². The molecule has 1 nitrogen and oxygen atoms in total. The van der Waals surface area contributed by atoms with Gasteiger partial charge in [-0.05, 0) is 56.6 Å². The van der Waals surface area contributed by atoms with Crippen LogP contribution < -0.4 is 5.32 Å². The molecule has 5 unspecified atom stereocenters. The summed E-state index contributed by atoms with van der Waals surface area (Å²) in [7, 11) is 0. The molecule has 110 valence electrons. The summed E-state index contributed by atoms with van der Waals surface area (Å²) in [5, 5.41) is 4.97. The van der Waals surface area contributed by atoms with Gasteiger partial charge in [0.1, 0.15) is 0 Å². The summed E-state index contributed by atoms with van der Waals surface area (Å²) in [5.74, 6) is 2.16. The van der Waals surface area contributed by atoms with Gasteiger partial charge in [-0.3, -0.25) is 0 Å². The summed E-state index contributed by atoms with van der Waals surface area (Å²) in [4.78, 5) is 0. The fraction of sp³-hybridized carbons (Fsp3) is 1.00. The molecule has 0 aromatic heterocycles. The van der Waals surface area contributed by atoms with Crippen LogP contribution in [0, 0.1) is 11.8 Å². The number of rotatable bonds is 3. The first-order valence-corrected chi connectivity index (χ1v) is 9.93. The van der Waals surface area contributed by atoms with Crippen molar-refractivity contribution in [2.75, 3.05) is 6.26 Å². The molecule has 0 amide bonds. The number of hydrogen-bond acceptors (Lipinski definition) is 2. The van der Waals surface area contributed by atoms with E-state index in [1.807, 2.05) is 0 Å². The van der Waals surface area contributed by atoms with E-state index in [0.717, 1.165) is 29.2 Å². The zero-order valence-electron chi connectivity index (χ0n) is 12.6. The Labute approximate surface area is 123 Å². The lowest BCUT2D eigenvalue weighted by molar-refractivity contribution is 0.135. The first-order valence-electron chi connectivity index (χ1n) is 8.64. The van der Waals surface area contributed by atoms with E-state index < -0.39 is 0 Å². The normalized spacial score (nSPS) is 43.7. The van der Waals surface area contributed by atoms with Gasteiger partial charge in [-0.2, -0.15) is 11.8 Å². The van der Waals surface area contributed by atoms with Crippen molar-refractivity contribution < 1.29 is 0 Å². The molecule has 0 radical (unpaired) electrons. The third-order valence-corrected chi connectivity index (χ3v) is 7.07.